The maximum absolute atomic E-state index is 11.9. The van der Waals surface area contributed by atoms with Crippen LogP contribution in [0.1, 0.15) is 12.7 Å². The lowest BCUT2D eigenvalue weighted by atomic mass is 10.2. The number of methoxy groups -OCH3 is 2. The number of hydrogen-bond acceptors (Lipinski definition) is 6. The fourth-order valence-corrected chi connectivity index (χ4v) is 2.43. The van der Waals surface area contributed by atoms with Gasteiger partial charge >= 0.3 is 0 Å². The van der Waals surface area contributed by atoms with E-state index in [0.717, 1.165) is 11.1 Å². The number of carbonyl (C=O) groups is 1. The number of rotatable bonds is 7. The van der Waals surface area contributed by atoms with Crippen molar-refractivity contribution in [1.29, 1.82) is 0 Å². The molecule has 2 aromatic carbocycles. The topological polar surface area (TPSA) is 82.3 Å². The number of carbonyl (C=O) groups excluding carboxylic acids is 1. The normalized spacial score (nSPS) is 11.3. The van der Waals surface area contributed by atoms with Crippen molar-refractivity contribution in [2.45, 2.75) is 6.92 Å². The fourth-order valence-electron chi connectivity index (χ4n) is 2.43. The van der Waals surface area contributed by atoms with Gasteiger partial charge in [-0.25, -0.2) is 5.43 Å². The largest absolute Gasteiger partial charge is 0.497 e. The molecule has 3 rings (SSSR count). The lowest BCUT2D eigenvalue weighted by Crippen LogP contribution is -2.25. The van der Waals surface area contributed by atoms with Crippen LogP contribution in [0.25, 0.3) is 11.0 Å². The number of amides is 1. The van der Waals surface area contributed by atoms with Crippen molar-refractivity contribution in [3.63, 3.8) is 0 Å². The first-order chi connectivity index (χ1) is 13.1. The second-order valence-corrected chi connectivity index (χ2v) is 5.69. The first kappa shape index (κ1) is 18.3. The third kappa shape index (κ3) is 4.38. The van der Waals surface area contributed by atoms with Gasteiger partial charge in [0.05, 0.1) is 14.2 Å². The summed E-state index contributed by atoms with van der Waals surface area (Å²) >= 11 is 0. The summed E-state index contributed by atoms with van der Waals surface area (Å²) in [6.07, 6.45) is 0. The van der Waals surface area contributed by atoms with Crippen molar-refractivity contribution in [2.24, 2.45) is 5.10 Å². The highest BCUT2D eigenvalue weighted by molar-refractivity contribution is 6.01. The van der Waals surface area contributed by atoms with Crippen LogP contribution in [0, 0.1) is 0 Å². The molecule has 0 saturated heterocycles. The lowest BCUT2D eigenvalue weighted by Gasteiger charge is -2.06. The van der Waals surface area contributed by atoms with E-state index in [1.165, 1.54) is 0 Å². The highest BCUT2D eigenvalue weighted by Gasteiger charge is 2.11. The molecule has 1 heterocycles. The zero-order valence-corrected chi connectivity index (χ0v) is 15.3. The van der Waals surface area contributed by atoms with E-state index in [1.807, 2.05) is 24.3 Å². The standard InChI is InChI=1S/C20H20N2O5/c1-13(18-11-14-5-4-6-17(25-3)20(14)27-18)21-22-19(23)12-26-16-9-7-15(24-2)8-10-16/h4-11H,12H2,1-3H3,(H,22,23)/b21-13-. The quantitative estimate of drug-likeness (QED) is 0.511. The third-order valence-electron chi connectivity index (χ3n) is 3.86. The number of fused-ring (bicyclic) bond motifs is 1. The smallest absolute Gasteiger partial charge is 0.277 e. The molecule has 0 aliphatic carbocycles. The summed E-state index contributed by atoms with van der Waals surface area (Å²) in [5.41, 5.74) is 3.63. The van der Waals surface area contributed by atoms with E-state index < -0.39 is 0 Å². The summed E-state index contributed by atoms with van der Waals surface area (Å²) in [6.45, 7) is 1.59. The Morgan fingerprint density at radius 3 is 2.52 bits per heavy atom. The van der Waals surface area contributed by atoms with Crippen LogP contribution in [0.5, 0.6) is 17.2 Å². The van der Waals surface area contributed by atoms with E-state index in [-0.39, 0.29) is 12.5 Å². The van der Waals surface area contributed by atoms with Gasteiger partial charge in [-0.15, -0.1) is 0 Å². The van der Waals surface area contributed by atoms with E-state index in [1.54, 1.807) is 45.4 Å². The summed E-state index contributed by atoms with van der Waals surface area (Å²) < 4.78 is 21.5. The highest BCUT2D eigenvalue weighted by atomic mass is 16.5. The number of nitrogens with zero attached hydrogens (tertiary/aromatic N) is 1. The van der Waals surface area contributed by atoms with E-state index in [9.17, 15) is 4.79 Å². The summed E-state index contributed by atoms with van der Waals surface area (Å²) in [6, 6.07) is 14.4. The molecule has 1 amide bonds. The Kier molecular flexibility index (Phi) is 5.61. The molecule has 0 spiro atoms. The van der Waals surface area contributed by atoms with Gasteiger partial charge in [0.25, 0.3) is 5.91 Å². The Labute approximate surface area is 156 Å². The molecule has 3 aromatic rings. The first-order valence-electron chi connectivity index (χ1n) is 8.27. The Morgan fingerprint density at radius 2 is 1.81 bits per heavy atom. The van der Waals surface area contributed by atoms with E-state index in [4.69, 9.17) is 18.6 Å². The fraction of sp³-hybridized carbons (Fsp3) is 0.200. The van der Waals surface area contributed by atoms with Gasteiger partial charge in [0.15, 0.2) is 23.7 Å². The van der Waals surface area contributed by atoms with Crippen LogP contribution in [0.3, 0.4) is 0 Å². The molecule has 7 nitrogen and oxygen atoms in total. The second kappa shape index (κ2) is 8.27. The Bertz CT molecular complexity index is 960. The summed E-state index contributed by atoms with van der Waals surface area (Å²) in [5, 5.41) is 4.96. The summed E-state index contributed by atoms with van der Waals surface area (Å²) in [4.78, 5) is 11.9. The van der Waals surface area contributed by atoms with Crippen LogP contribution in [-0.4, -0.2) is 32.4 Å². The van der Waals surface area contributed by atoms with Gasteiger partial charge in [0, 0.05) is 5.39 Å². The maximum Gasteiger partial charge on any atom is 0.277 e. The molecule has 1 aromatic heterocycles. The van der Waals surface area contributed by atoms with Gasteiger partial charge in [0.2, 0.25) is 0 Å². The van der Waals surface area contributed by atoms with Crippen LogP contribution in [0.15, 0.2) is 58.0 Å². The Morgan fingerprint density at radius 1 is 1.07 bits per heavy atom. The summed E-state index contributed by atoms with van der Waals surface area (Å²) in [5.74, 6) is 2.10. The minimum atomic E-state index is -0.376. The van der Waals surface area contributed by atoms with Crippen molar-refractivity contribution in [1.82, 2.24) is 5.43 Å². The van der Waals surface area contributed by atoms with Crippen molar-refractivity contribution < 1.29 is 23.4 Å². The van der Waals surface area contributed by atoms with Gasteiger partial charge in [-0.2, -0.15) is 5.10 Å². The molecular formula is C20H20N2O5. The number of para-hydroxylation sites is 1. The number of hydrogen-bond donors (Lipinski definition) is 1. The number of benzene rings is 2. The van der Waals surface area contributed by atoms with Crippen molar-refractivity contribution in [3.8, 4) is 17.2 Å². The number of furan rings is 1. The third-order valence-corrected chi connectivity index (χ3v) is 3.86. The molecule has 7 heteroatoms. The van der Waals surface area contributed by atoms with Gasteiger partial charge in [-0.05, 0) is 43.3 Å². The highest BCUT2D eigenvalue weighted by Crippen LogP contribution is 2.28. The van der Waals surface area contributed by atoms with Crippen LogP contribution in [-0.2, 0) is 4.79 Å². The molecule has 27 heavy (non-hydrogen) atoms. The minimum Gasteiger partial charge on any atom is -0.497 e. The van der Waals surface area contributed by atoms with E-state index in [0.29, 0.717) is 28.6 Å². The molecule has 0 atom stereocenters. The molecule has 0 aliphatic heterocycles. The monoisotopic (exact) mass is 368 g/mol. The molecule has 140 valence electrons. The van der Waals surface area contributed by atoms with Gasteiger partial charge < -0.3 is 18.6 Å². The van der Waals surface area contributed by atoms with Crippen molar-refractivity contribution in [2.75, 3.05) is 20.8 Å². The first-order valence-corrected chi connectivity index (χ1v) is 8.27. The van der Waals surface area contributed by atoms with Crippen molar-refractivity contribution in [3.05, 3.63) is 54.3 Å². The molecule has 0 fully saturated rings. The van der Waals surface area contributed by atoms with Crippen LogP contribution < -0.4 is 19.6 Å². The van der Waals surface area contributed by atoms with Crippen LogP contribution in [0.2, 0.25) is 0 Å². The summed E-state index contributed by atoms with van der Waals surface area (Å²) in [7, 11) is 3.17. The Balaban J connectivity index is 1.60. The average Bonchev–Trinajstić information content (AvgIpc) is 3.15. The predicted octanol–water partition coefficient (Wildman–Crippen LogP) is 3.37. The lowest BCUT2D eigenvalue weighted by molar-refractivity contribution is -0.123. The predicted molar refractivity (Wildman–Crippen MR) is 102 cm³/mol. The molecule has 1 N–H and O–H groups in total. The maximum atomic E-state index is 11.9. The van der Waals surface area contributed by atoms with Gasteiger partial charge in [-0.1, -0.05) is 12.1 Å². The Hall–Kier alpha value is -3.48. The van der Waals surface area contributed by atoms with E-state index in [2.05, 4.69) is 10.5 Å². The minimum absolute atomic E-state index is 0.156. The van der Waals surface area contributed by atoms with Crippen LogP contribution >= 0.6 is 0 Å². The molecular weight excluding hydrogens is 348 g/mol. The molecule has 0 unspecified atom stereocenters. The molecule has 0 aliphatic rings. The van der Waals surface area contributed by atoms with E-state index >= 15 is 0 Å². The SMILES string of the molecule is COc1ccc(OCC(=O)N/N=C(/C)c2cc3cccc(OC)c3o2)cc1. The number of hydrazone groups is 1. The molecule has 0 radical (unpaired) electrons. The number of ether oxygens (including phenoxy) is 3. The molecule has 0 saturated carbocycles. The number of nitrogens with one attached hydrogen (secondary N) is 1. The molecule has 0 bridgehead atoms. The second-order valence-electron chi connectivity index (χ2n) is 5.69. The average molecular weight is 368 g/mol. The van der Waals surface area contributed by atoms with Crippen molar-refractivity contribution >= 4 is 22.6 Å². The van der Waals surface area contributed by atoms with Gasteiger partial charge in [0.1, 0.15) is 17.2 Å². The van der Waals surface area contributed by atoms with Gasteiger partial charge in [-0.3, -0.25) is 4.79 Å². The zero-order chi connectivity index (χ0) is 19.2. The zero-order valence-electron chi connectivity index (χ0n) is 15.3. The van der Waals surface area contributed by atoms with Crippen LogP contribution in [0.4, 0.5) is 0 Å².